The molecule has 0 bridgehead atoms. The van der Waals surface area contributed by atoms with Crippen LogP contribution in [0.5, 0.6) is 0 Å². The SMILES string of the molecule is NS(=O)(=O)c1cc2c(cc1Cl)NCNS2(=O)=O.Nc1nc(N)c2nc(-c3ccccc3)c(N)nc2n1. The fourth-order valence-electron chi connectivity index (χ4n) is 3.22. The molecule has 0 fully saturated rings. The standard InChI is InChI=1S/C12H11N7.C7H8ClN3O4S2/c13-9-7(6-4-2-1-3-5-6)16-8-10(14)18-12(15)19-11(8)17-9;8-4-1-5-7(2-6(4)16(9,12)13)17(14,15)11-3-10-5/h1-5H,(H6,13,14,15,17,18,19);1-2,10-11H,3H2,(H2,9,12,13). The molecule has 0 amide bonds. The van der Waals surface area contributed by atoms with Gasteiger partial charge in [-0.3, -0.25) is 0 Å². The summed E-state index contributed by atoms with van der Waals surface area (Å²) >= 11 is 5.72. The Morgan fingerprint density at radius 1 is 0.944 bits per heavy atom. The second-order valence-corrected chi connectivity index (χ2v) is 11.0. The van der Waals surface area contributed by atoms with Crippen molar-refractivity contribution in [1.29, 1.82) is 0 Å². The van der Waals surface area contributed by atoms with E-state index < -0.39 is 24.9 Å². The lowest BCUT2D eigenvalue weighted by molar-refractivity contribution is 0.581. The number of nitrogens with two attached hydrogens (primary N) is 4. The molecule has 0 saturated heterocycles. The number of aromatic nitrogens is 4. The number of hydrogen-bond acceptors (Lipinski definition) is 12. The van der Waals surface area contributed by atoms with Crippen molar-refractivity contribution in [3.05, 3.63) is 47.5 Å². The molecule has 0 radical (unpaired) electrons. The van der Waals surface area contributed by atoms with Crippen molar-refractivity contribution in [2.45, 2.75) is 9.79 Å². The highest BCUT2D eigenvalue weighted by Crippen LogP contribution is 2.32. The highest BCUT2D eigenvalue weighted by molar-refractivity contribution is 7.90. The summed E-state index contributed by atoms with van der Waals surface area (Å²) in [6, 6.07) is 11.6. The fraction of sp³-hybridized carbons (Fsp3) is 0.0526. The van der Waals surface area contributed by atoms with E-state index in [2.05, 4.69) is 30.0 Å². The molecule has 5 rings (SSSR count). The molecule has 14 nitrogen and oxygen atoms in total. The molecule has 0 aliphatic carbocycles. The molecule has 0 unspecified atom stereocenters. The number of fused-ring (bicyclic) bond motifs is 2. The molecule has 10 N–H and O–H groups in total. The second-order valence-electron chi connectivity index (χ2n) is 7.29. The normalized spacial score (nSPS) is 14.3. The molecule has 2 aromatic carbocycles. The zero-order valence-electron chi connectivity index (χ0n) is 18.2. The van der Waals surface area contributed by atoms with E-state index in [9.17, 15) is 16.8 Å². The van der Waals surface area contributed by atoms with Gasteiger partial charge in [-0.15, -0.1) is 0 Å². The van der Waals surface area contributed by atoms with E-state index >= 15 is 0 Å². The van der Waals surface area contributed by atoms with Crippen molar-refractivity contribution in [3.63, 3.8) is 0 Å². The molecule has 4 aromatic rings. The quantitative estimate of drug-likeness (QED) is 0.199. The van der Waals surface area contributed by atoms with Gasteiger partial charge < -0.3 is 22.5 Å². The Balaban J connectivity index is 0.000000170. The van der Waals surface area contributed by atoms with Gasteiger partial charge in [0.25, 0.3) is 0 Å². The van der Waals surface area contributed by atoms with Gasteiger partial charge in [0, 0.05) is 5.56 Å². The third-order valence-corrected chi connectivity index (χ3v) is 7.64. The zero-order valence-corrected chi connectivity index (χ0v) is 20.6. The molecule has 0 atom stereocenters. The van der Waals surface area contributed by atoms with Crippen LogP contribution in [0, 0.1) is 0 Å². The van der Waals surface area contributed by atoms with Crippen molar-refractivity contribution in [2.75, 3.05) is 29.2 Å². The van der Waals surface area contributed by atoms with Crippen molar-refractivity contribution >= 4 is 66.1 Å². The van der Waals surface area contributed by atoms with Crippen molar-refractivity contribution in [1.82, 2.24) is 24.7 Å². The second kappa shape index (κ2) is 9.32. The predicted molar refractivity (Wildman–Crippen MR) is 135 cm³/mol. The van der Waals surface area contributed by atoms with Crippen LogP contribution in [0.2, 0.25) is 5.02 Å². The van der Waals surface area contributed by atoms with Gasteiger partial charge in [-0.2, -0.15) is 14.7 Å². The van der Waals surface area contributed by atoms with E-state index in [1.807, 2.05) is 30.3 Å². The lowest BCUT2D eigenvalue weighted by atomic mass is 10.1. The van der Waals surface area contributed by atoms with Gasteiger partial charge >= 0.3 is 0 Å². The van der Waals surface area contributed by atoms with E-state index in [0.29, 0.717) is 16.9 Å². The minimum atomic E-state index is -4.07. The third kappa shape index (κ3) is 5.07. The Morgan fingerprint density at radius 2 is 1.64 bits per heavy atom. The molecule has 188 valence electrons. The van der Waals surface area contributed by atoms with Gasteiger partial charge in [0.1, 0.15) is 15.5 Å². The van der Waals surface area contributed by atoms with E-state index in [1.165, 1.54) is 6.07 Å². The molecule has 1 aliphatic heterocycles. The van der Waals surface area contributed by atoms with Gasteiger partial charge in [0.15, 0.2) is 22.8 Å². The van der Waals surface area contributed by atoms with Crippen LogP contribution in [0.3, 0.4) is 0 Å². The summed E-state index contributed by atoms with van der Waals surface area (Å²) in [6.07, 6.45) is 0. The first-order chi connectivity index (χ1) is 16.9. The number of nitrogens with one attached hydrogen (secondary N) is 2. The molecule has 36 heavy (non-hydrogen) atoms. The van der Waals surface area contributed by atoms with Crippen molar-refractivity contribution < 1.29 is 16.8 Å². The Kier molecular flexibility index (Phi) is 6.54. The minimum Gasteiger partial charge on any atom is -0.382 e. The van der Waals surface area contributed by atoms with E-state index in [0.717, 1.165) is 11.6 Å². The first kappa shape index (κ1) is 25.3. The maximum absolute atomic E-state index is 11.6. The lowest BCUT2D eigenvalue weighted by Gasteiger charge is -2.20. The Labute approximate surface area is 210 Å². The average Bonchev–Trinajstić information content (AvgIpc) is 2.78. The largest absolute Gasteiger partial charge is 0.382 e. The lowest BCUT2D eigenvalue weighted by Crippen LogP contribution is -2.34. The smallest absolute Gasteiger partial charge is 0.244 e. The number of hydrogen-bond donors (Lipinski definition) is 6. The fourth-order valence-corrected chi connectivity index (χ4v) is 5.51. The summed E-state index contributed by atoms with van der Waals surface area (Å²) in [7, 11) is -7.80. The first-order valence-electron chi connectivity index (χ1n) is 9.88. The van der Waals surface area contributed by atoms with Gasteiger partial charge in [0.05, 0.1) is 17.4 Å². The summed E-state index contributed by atoms with van der Waals surface area (Å²) in [5, 5.41) is 7.53. The van der Waals surface area contributed by atoms with E-state index in [-0.39, 0.29) is 39.9 Å². The summed E-state index contributed by atoms with van der Waals surface area (Å²) in [5.41, 5.74) is 19.5. The van der Waals surface area contributed by atoms with E-state index in [4.69, 9.17) is 33.9 Å². The summed E-state index contributed by atoms with van der Waals surface area (Å²) < 4.78 is 47.9. The Hall–Kier alpha value is -3.83. The molecular formula is C19H19ClN10O4S2. The maximum Gasteiger partial charge on any atom is 0.244 e. The van der Waals surface area contributed by atoms with Crippen LogP contribution in [-0.4, -0.2) is 43.4 Å². The monoisotopic (exact) mass is 550 g/mol. The van der Waals surface area contributed by atoms with E-state index in [1.54, 1.807) is 0 Å². The Morgan fingerprint density at radius 3 is 2.31 bits per heavy atom. The molecule has 17 heteroatoms. The third-order valence-electron chi connectivity index (χ3n) is 4.82. The molecule has 0 spiro atoms. The molecule has 3 heterocycles. The molecule has 2 aromatic heterocycles. The van der Waals surface area contributed by atoms with Crippen LogP contribution in [0.1, 0.15) is 0 Å². The molecule has 0 saturated carbocycles. The predicted octanol–water partition coefficient (Wildman–Crippen LogP) is 0.482. The number of halogens is 1. The number of nitrogen functional groups attached to an aromatic ring is 3. The number of sulfonamides is 2. The highest BCUT2D eigenvalue weighted by atomic mass is 35.5. The van der Waals surface area contributed by atoms with Crippen LogP contribution in [0.25, 0.3) is 22.4 Å². The van der Waals surface area contributed by atoms with Crippen LogP contribution in [0.4, 0.5) is 23.3 Å². The number of benzene rings is 2. The van der Waals surface area contributed by atoms with Gasteiger partial charge in [-0.1, -0.05) is 41.9 Å². The van der Waals surface area contributed by atoms with Crippen molar-refractivity contribution in [2.24, 2.45) is 5.14 Å². The minimum absolute atomic E-state index is 0.0143. The van der Waals surface area contributed by atoms with Gasteiger partial charge in [0.2, 0.25) is 26.0 Å². The average molecular weight is 551 g/mol. The molecular weight excluding hydrogens is 532 g/mol. The zero-order chi connectivity index (χ0) is 26.3. The highest BCUT2D eigenvalue weighted by Gasteiger charge is 2.27. The number of anilines is 4. The van der Waals surface area contributed by atoms with Crippen LogP contribution in [0.15, 0.2) is 52.3 Å². The Bertz CT molecular complexity index is 1700. The van der Waals surface area contributed by atoms with Crippen LogP contribution < -0.4 is 32.4 Å². The number of rotatable bonds is 2. The van der Waals surface area contributed by atoms with Crippen LogP contribution >= 0.6 is 11.6 Å². The maximum atomic E-state index is 11.6. The topological polar surface area (TPSA) is 248 Å². The first-order valence-corrected chi connectivity index (χ1v) is 13.3. The number of nitrogens with zero attached hydrogens (tertiary/aromatic N) is 4. The van der Waals surface area contributed by atoms with Gasteiger partial charge in [-0.25, -0.2) is 31.9 Å². The molecule has 1 aliphatic rings. The number of primary sulfonamides is 1. The summed E-state index contributed by atoms with van der Waals surface area (Å²) in [6.45, 7) is 0.0143. The van der Waals surface area contributed by atoms with Crippen molar-refractivity contribution in [3.8, 4) is 11.3 Å². The summed E-state index contributed by atoms with van der Waals surface area (Å²) in [4.78, 5) is 15.8. The van der Waals surface area contributed by atoms with Gasteiger partial charge in [-0.05, 0) is 12.1 Å². The van der Waals surface area contributed by atoms with Crippen LogP contribution in [-0.2, 0) is 20.0 Å². The summed E-state index contributed by atoms with van der Waals surface area (Å²) in [5.74, 6) is 0.509.